The van der Waals surface area contributed by atoms with Gasteiger partial charge in [0.1, 0.15) is 5.82 Å². The number of likely N-dealkylation sites (tertiary alicyclic amines) is 1. The predicted octanol–water partition coefficient (Wildman–Crippen LogP) is 3.83. The molecule has 0 unspecified atom stereocenters. The molecule has 32 heavy (non-hydrogen) atoms. The van der Waals surface area contributed by atoms with E-state index in [4.69, 9.17) is 0 Å². The van der Waals surface area contributed by atoms with E-state index in [1.165, 1.54) is 12.1 Å². The van der Waals surface area contributed by atoms with Gasteiger partial charge in [-0.2, -0.15) is 0 Å². The standard InChI is InChI=1S/C26H26FN3O2/c1-29-23-9-6-19(18-4-7-20(27)8-5-18)14-22(23)26-21(24(29)16-31)10-12-30(26)25(32)13-17-3-2-11-28-15-17/h2-9,11,14-15,21,24,26,31H,10,12-13,16H2,1H3/t21-,24+,26-/m0/s1. The summed E-state index contributed by atoms with van der Waals surface area (Å²) in [6.07, 6.45) is 4.59. The topological polar surface area (TPSA) is 56.7 Å². The van der Waals surface area contributed by atoms with Gasteiger partial charge in [0.25, 0.3) is 0 Å². The van der Waals surface area contributed by atoms with E-state index in [-0.39, 0.29) is 36.3 Å². The number of rotatable bonds is 4. The number of carbonyl (C=O) groups is 1. The maximum Gasteiger partial charge on any atom is 0.227 e. The van der Waals surface area contributed by atoms with E-state index in [0.717, 1.165) is 34.4 Å². The molecule has 2 aliphatic rings. The lowest BCUT2D eigenvalue weighted by molar-refractivity contribution is -0.132. The van der Waals surface area contributed by atoms with Gasteiger partial charge in [-0.05, 0) is 59.0 Å². The van der Waals surface area contributed by atoms with Crippen LogP contribution in [0.4, 0.5) is 10.1 Å². The minimum absolute atomic E-state index is 0.0413. The van der Waals surface area contributed by atoms with E-state index in [2.05, 4.69) is 22.0 Å². The number of benzene rings is 2. The first kappa shape index (κ1) is 20.6. The lowest BCUT2D eigenvalue weighted by atomic mass is 9.81. The molecule has 2 aliphatic heterocycles. The molecular formula is C26H26FN3O2. The minimum atomic E-state index is -0.264. The monoisotopic (exact) mass is 431 g/mol. The molecule has 1 saturated heterocycles. The Morgan fingerprint density at radius 1 is 1.16 bits per heavy atom. The Labute approximate surface area is 187 Å². The zero-order valence-corrected chi connectivity index (χ0v) is 18.0. The number of halogens is 1. The second kappa shape index (κ2) is 8.36. The first-order valence-corrected chi connectivity index (χ1v) is 11.0. The average Bonchev–Trinajstić information content (AvgIpc) is 3.26. The predicted molar refractivity (Wildman–Crippen MR) is 122 cm³/mol. The number of amides is 1. The van der Waals surface area contributed by atoms with Crippen LogP contribution in [0.5, 0.6) is 0 Å². The fraction of sp³-hybridized carbons (Fsp3) is 0.308. The summed E-state index contributed by atoms with van der Waals surface area (Å²) >= 11 is 0. The van der Waals surface area contributed by atoms with Crippen LogP contribution in [-0.4, -0.2) is 47.1 Å². The molecule has 2 aromatic carbocycles. The van der Waals surface area contributed by atoms with Crippen molar-refractivity contribution >= 4 is 11.6 Å². The van der Waals surface area contributed by atoms with Crippen LogP contribution in [0.2, 0.25) is 0 Å². The highest BCUT2D eigenvalue weighted by Crippen LogP contribution is 2.49. The fourth-order valence-corrected chi connectivity index (χ4v) is 5.33. The van der Waals surface area contributed by atoms with Gasteiger partial charge >= 0.3 is 0 Å². The number of hydrogen-bond acceptors (Lipinski definition) is 4. The van der Waals surface area contributed by atoms with Gasteiger partial charge in [0.2, 0.25) is 5.91 Å². The number of fused-ring (bicyclic) bond motifs is 3. The molecule has 0 saturated carbocycles. The zero-order chi connectivity index (χ0) is 22.2. The van der Waals surface area contributed by atoms with Crippen LogP contribution in [0.25, 0.3) is 11.1 Å². The Hall–Kier alpha value is -3.25. The normalized spacial score (nSPS) is 21.9. The third-order valence-corrected chi connectivity index (χ3v) is 6.93. The Morgan fingerprint density at radius 3 is 2.66 bits per heavy atom. The first-order chi connectivity index (χ1) is 15.6. The molecule has 1 N–H and O–H groups in total. The number of carbonyl (C=O) groups excluding carboxylic acids is 1. The molecule has 0 bridgehead atoms. The van der Waals surface area contributed by atoms with Crippen molar-refractivity contribution < 1.29 is 14.3 Å². The number of pyridine rings is 1. The highest BCUT2D eigenvalue weighted by molar-refractivity contribution is 5.81. The van der Waals surface area contributed by atoms with Gasteiger partial charge in [-0.1, -0.05) is 24.3 Å². The van der Waals surface area contributed by atoms with Crippen LogP contribution in [0.15, 0.2) is 67.0 Å². The second-order valence-electron chi connectivity index (χ2n) is 8.66. The Bertz CT molecular complexity index is 1120. The molecule has 0 spiro atoms. The van der Waals surface area contributed by atoms with Crippen LogP contribution < -0.4 is 4.90 Å². The van der Waals surface area contributed by atoms with Gasteiger partial charge in [0, 0.05) is 37.6 Å². The number of anilines is 1. The molecule has 3 atom stereocenters. The molecular weight excluding hydrogens is 405 g/mol. The number of aromatic nitrogens is 1. The highest BCUT2D eigenvalue weighted by Gasteiger charge is 2.47. The quantitative estimate of drug-likeness (QED) is 0.682. The lowest BCUT2D eigenvalue weighted by Crippen LogP contribution is -2.48. The smallest absolute Gasteiger partial charge is 0.227 e. The minimum Gasteiger partial charge on any atom is -0.394 e. The molecule has 6 heteroatoms. The summed E-state index contributed by atoms with van der Waals surface area (Å²) in [5.41, 5.74) is 4.93. The zero-order valence-electron chi connectivity index (χ0n) is 18.0. The van der Waals surface area contributed by atoms with Gasteiger partial charge in [-0.15, -0.1) is 0 Å². The second-order valence-corrected chi connectivity index (χ2v) is 8.66. The summed E-state index contributed by atoms with van der Waals surface area (Å²) in [5.74, 6) is -0.0380. The number of hydrogen-bond donors (Lipinski definition) is 1. The number of aliphatic hydroxyl groups is 1. The van der Waals surface area contributed by atoms with E-state index < -0.39 is 0 Å². The SMILES string of the molecule is CN1c2ccc(-c3ccc(F)cc3)cc2[C@@H]2[C@@H](CCN2C(=O)Cc2cccnc2)[C@H]1CO. The van der Waals surface area contributed by atoms with Crippen LogP contribution >= 0.6 is 0 Å². The van der Waals surface area contributed by atoms with Gasteiger partial charge in [0.15, 0.2) is 0 Å². The van der Waals surface area contributed by atoms with Crippen molar-refractivity contribution in [2.45, 2.75) is 24.9 Å². The van der Waals surface area contributed by atoms with Crippen molar-refractivity contribution in [2.24, 2.45) is 5.92 Å². The van der Waals surface area contributed by atoms with Crippen molar-refractivity contribution in [1.29, 1.82) is 0 Å². The fourth-order valence-electron chi connectivity index (χ4n) is 5.33. The molecule has 3 aromatic rings. The number of likely N-dealkylation sites (N-methyl/N-ethyl adjacent to an activating group) is 1. The average molecular weight is 432 g/mol. The highest BCUT2D eigenvalue weighted by atomic mass is 19.1. The number of aliphatic hydroxyl groups excluding tert-OH is 1. The van der Waals surface area contributed by atoms with Crippen LogP contribution in [0, 0.1) is 11.7 Å². The molecule has 1 aromatic heterocycles. The Kier molecular flexibility index (Phi) is 5.39. The molecule has 3 heterocycles. The largest absolute Gasteiger partial charge is 0.394 e. The molecule has 1 amide bonds. The maximum atomic E-state index is 13.4. The van der Waals surface area contributed by atoms with E-state index >= 15 is 0 Å². The molecule has 164 valence electrons. The molecule has 5 rings (SSSR count). The molecule has 5 nitrogen and oxygen atoms in total. The van der Waals surface area contributed by atoms with Gasteiger partial charge in [-0.3, -0.25) is 9.78 Å². The van der Waals surface area contributed by atoms with E-state index in [1.54, 1.807) is 24.5 Å². The van der Waals surface area contributed by atoms with Crippen molar-refractivity contribution in [3.05, 3.63) is 83.9 Å². The first-order valence-electron chi connectivity index (χ1n) is 11.0. The van der Waals surface area contributed by atoms with Crippen LogP contribution in [-0.2, 0) is 11.2 Å². The summed E-state index contributed by atoms with van der Waals surface area (Å²) in [5, 5.41) is 10.2. The van der Waals surface area contributed by atoms with Crippen molar-refractivity contribution in [3.8, 4) is 11.1 Å². The maximum absolute atomic E-state index is 13.4. The Morgan fingerprint density at radius 2 is 1.94 bits per heavy atom. The van der Waals surface area contributed by atoms with E-state index in [1.807, 2.05) is 30.1 Å². The Balaban J connectivity index is 1.54. The lowest BCUT2D eigenvalue weighted by Gasteiger charge is -2.44. The third kappa shape index (κ3) is 3.54. The summed E-state index contributed by atoms with van der Waals surface area (Å²) in [4.78, 5) is 21.6. The van der Waals surface area contributed by atoms with Crippen molar-refractivity contribution in [3.63, 3.8) is 0 Å². The third-order valence-electron chi connectivity index (χ3n) is 6.93. The van der Waals surface area contributed by atoms with Gasteiger partial charge in [-0.25, -0.2) is 4.39 Å². The summed E-state index contributed by atoms with van der Waals surface area (Å²) < 4.78 is 13.4. The summed E-state index contributed by atoms with van der Waals surface area (Å²) in [6.45, 7) is 0.709. The molecule has 1 fully saturated rings. The van der Waals surface area contributed by atoms with Crippen LogP contribution in [0.3, 0.4) is 0 Å². The number of nitrogens with zero attached hydrogens (tertiary/aromatic N) is 3. The van der Waals surface area contributed by atoms with E-state index in [9.17, 15) is 14.3 Å². The molecule has 0 aliphatic carbocycles. The summed E-state index contributed by atoms with van der Waals surface area (Å²) in [7, 11) is 2.01. The van der Waals surface area contributed by atoms with Crippen LogP contribution in [0.1, 0.15) is 23.6 Å². The van der Waals surface area contributed by atoms with E-state index in [0.29, 0.717) is 13.0 Å². The molecule has 0 radical (unpaired) electrons. The van der Waals surface area contributed by atoms with Gasteiger partial charge in [0.05, 0.1) is 25.1 Å². The summed E-state index contributed by atoms with van der Waals surface area (Å²) in [6, 6.07) is 16.3. The van der Waals surface area contributed by atoms with Gasteiger partial charge < -0.3 is 14.9 Å². The van der Waals surface area contributed by atoms with Crippen molar-refractivity contribution in [1.82, 2.24) is 9.88 Å². The van der Waals surface area contributed by atoms with Crippen molar-refractivity contribution in [2.75, 3.05) is 25.1 Å².